The zero-order chi connectivity index (χ0) is 56.9. The third-order valence-electron chi connectivity index (χ3n) is 10.2. The number of nitrogens with one attached hydrogen (secondary N) is 4. The van der Waals surface area contributed by atoms with Crippen LogP contribution < -0.4 is 38.5 Å². The Kier molecular flexibility index (Phi) is 20.8. The first-order valence-corrected chi connectivity index (χ1v) is 27.7. The molecule has 24 heteroatoms. The number of hydrogen-bond donors (Lipinski definition) is 7. The van der Waals surface area contributed by atoms with Gasteiger partial charge in [-0.1, -0.05) is 41.4 Å². The minimum absolute atomic E-state index is 0.142. The van der Waals surface area contributed by atoms with E-state index in [1.54, 1.807) is 116 Å². The van der Waals surface area contributed by atoms with E-state index in [9.17, 15) is 13.2 Å². The first kappa shape index (κ1) is 57.9. The Balaban J connectivity index is 0.000000153. The highest BCUT2D eigenvalue weighted by Gasteiger charge is 2.12. The van der Waals surface area contributed by atoms with E-state index in [0.717, 1.165) is 31.0 Å². The number of anilines is 10. The largest absolute Gasteiger partial charge is 0.473 e. The minimum Gasteiger partial charge on any atom is -0.473 e. The van der Waals surface area contributed by atoms with Crippen molar-refractivity contribution in [1.29, 1.82) is 0 Å². The summed E-state index contributed by atoms with van der Waals surface area (Å²) in [5, 5.41) is 14.3. The zero-order valence-corrected chi connectivity index (χ0v) is 46.7. The van der Waals surface area contributed by atoms with Gasteiger partial charge in [0.05, 0.1) is 23.1 Å². The van der Waals surface area contributed by atoms with Crippen molar-refractivity contribution in [3.63, 3.8) is 0 Å². The van der Waals surface area contributed by atoms with Crippen LogP contribution in [0.5, 0.6) is 0 Å². The molecule has 81 heavy (non-hydrogen) atoms. The Morgan fingerprint density at radius 3 is 1.26 bits per heavy atom. The standard InChI is InChI=1S/C19H14FN5S2.C18H19FN6S.C16H14FN5S.C4H4O/c20-14-10-12(3-4-16(14)27-13-5-7-22-8-6-13)23-18-11-15(24-19(21)25-18)17-2-1-9-26-17;1-11(2)22-16-10-17(25-18(20)24-16)23-12-3-4-15(14(19)9-12)26-13-5-7-21-8-6-13;1-10-8-15(22-16(18)20-10)21-11-2-3-14(13(17)9-11)23-12-4-6-19-7-5-12;1-2-4-5-3-1/h1-11H,(H3,21,23,24,25);3-11H,1-2H3,(H4,20,22,23,24,25);2-9H,1H3,(H3,18,20,21,22);1-4H. The van der Waals surface area contributed by atoms with Crippen LogP contribution in [0.4, 0.5) is 71.3 Å². The van der Waals surface area contributed by atoms with Crippen LogP contribution >= 0.6 is 46.6 Å². The number of nitrogens with two attached hydrogens (primary N) is 3. The van der Waals surface area contributed by atoms with Crippen molar-refractivity contribution >= 4 is 105 Å². The second kappa shape index (κ2) is 29.1. The molecule has 0 saturated heterocycles. The Hall–Kier alpha value is -9.23. The van der Waals surface area contributed by atoms with Crippen molar-refractivity contribution in [2.24, 2.45) is 0 Å². The molecule has 0 unspecified atom stereocenters. The van der Waals surface area contributed by atoms with Gasteiger partial charge in [0.25, 0.3) is 0 Å². The first-order chi connectivity index (χ1) is 39.3. The Morgan fingerprint density at radius 2 is 0.877 bits per heavy atom. The van der Waals surface area contributed by atoms with Gasteiger partial charge in [-0.2, -0.15) is 19.9 Å². The molecule has 0 radical (unpaired) electrons. The average molecular weight is 1160 g/mol. The number of halogens is 3. The van der Waals surface area contributed by atoms with Crippen molar-refractivity contribution in [1.82, 2.24) is 44.9 Å². The molecule has 410 valence electrons. The van der Waals surface area contributed by atoms with Gasteiger partial charge in [-0.25, -0.2) is 23.1 Å². The molecule has 8 heterocycles. The van der Waals surface area contributed by atoms with Crippen LogP contribution in [-0.4, -0.2) is 50.9 Å². The molecule has 3 aromatic carbocycles. The SMILES string of the molecule is CC(C)Nc1cc(Nc2ccc(Sc3ccncc3)c(F)c2)nc(N)n1.Cc1cc(Nc2ccc(Sc3ccncc3)c(F)c2)nc(N)n1.Nc1nc(Nc2ccc(Sc3ccncc3)c(F)c2)cc(-c2cccs2)n1.c1ccoc1. The minimum atomic E-state index is -0.320. The molecule has 0 spiro atoms. The lowest BCUT2D eigenvalue weighted by Crippen LogP contribution is -2.12. The van der Waals surface area contributed by atoms with E-state index in [2.05, 4.69) is 70.5 Å². The molecule has 0 saturated carbocycles. The van der Waals surface area contributed by atoms with Gasteiger partial charge in [-0.05, 0) is 135 Å². The van der Waals surface area contributed by atoms with E-state index < -0.39 is 0 Å². The van der Waals surface area contributed by atoms with Crippen LogP contribution in [0.25, 0.3) is 10.6 Å². The summed E-state index contributed by atoms with van der Waals surface area (Å²) in [5.41, 5.74) is 20.4. The van der Waals surface area contributed by atoms with Gasteiger partial charge in [0.15, 0.2) is 0 Å². The number of aryl methyl sites for hydroxylation is 1. The van der Waals surface area contributed by atoms with Crippen molar-refractivity contribution in [3.8, 4) is 10.6 Å². The van der Waals surface area contributed by atoms with Gasteiger partial charge in [0, 0.05) is 114 Å². The summed E-state index contributed by atoms with van der Waals surface area (Å²) in [6.07, 6.45) is 13.3. The number of hydrogen-bond acceptors (Lipinski definition) is 21. The fourth-order valence-corrected chi connectivity index (χ4v) is 9.99. The summed E-state index contributed by atoms with van der Waals surface area (Å²) in [4.78, 5) is 42.0. The smallest absolute Gasteiger partial charge is 0.223 e. The molecule has 17 nitrogen and oxygen atoms in total. The number of pyridine rings is 3. The van der Waals surface area contributed by atoms with Gasteiger partial charge in [0.2, 0.25) is 17.8 Å². The fourth-order valence-electron chi connectivity index (χ4n) is 6.89. The molecule has 11 rings (SSSR count). The second-order valence-electron chi connectivity index (χ2n) is 17.0. The quantitative estimate of drug-likeness (QED) is 0.0503. The van der Waals surface area contributed by atoms with Gasteiger partial charge < -0.3 is 42.9 Å². The Labute approximate surface area is 481 Å². The van der Waals surface area contributed by atoms with Crippen LogP contribution in [-0.2, 0) is 0 Å². The van der Waals surface area contributed by atoms with E-state index in [0.29, 0.717) is 55.0 Å². The van der Waals surface area contributed by atoms with E-state index in [1.165, 1.54) is 53.5 Å². The van der Waals surface area contributed by atoms with E-state index in [4.69, 9.17) is 17.2 Å². The molecule has 0 aliphatic rings. The molecule has 0 amide bonds. The molecule has 11 aromatic rings. The predicted octanol–water partition coefficient (Wildman–Crippen LogP) is 14.6. The van der Waals surface area contributed by atoms with Gasteiger partial charge in [0.1, 0.15) is 40.7 Å². The highest BCUT2D eigenvalue weighted by molar-refractivity contribution is 7.99. The first-order valence-electron chi connectivity index (χ1n) is 24.4. The van der Waals surface area contributed by atoms with Crippen molar-refractivity contribution in [2.75, 3.05) is 38.5 Å². The van der Waals surface area contributed by atoms with Crippen molar-refractivity contribution in [2.45, 2.75) is 56.2 Å². The summed E-state index contributed by atoms with van der Waals surface area (Å²) in [6, 6.07) is 38.9. The maximum Gasteiger partial charge on any atom is 0.223 e. The lowest BCUT2D eigenvalue weighted by molar-refractivity contribution is 0.567. The molecule has 0 fully saturated rings. The number of benzene rings is 3. The van der Waals surface area contributed by atoms with Crippen molar-refractivity contribution < 1.29 is 17.6 Å². The number of thiophene rings is 1. The zero-order valence-electron chi connectivity index (χ0n) is 43.4. The maximum absolute atomic E-state index is 14.5. The molecule has 0 atom stereocenters. The summed E-state index contributed by atoms with van der Waals surface area (Å²) < 4.78 is 47.8. The third-order valence-corrected chi connectivity index (χ3v) is 14.3. The van der Waals surface area contributed by atoms with Gasteiger partial charge in [-0.15, -0.1) is 11.3 Å². The number of nitrogen functional groups attached to an aromatic ring is 3. The Bertz CT molecular complexity index is 3690. The molecular formula is C57H51F3N16OS4. The van der Waals surface area contributed by atoms with Gasteiger partial charge >= 0.3 is 0 Å². The van der Waals surface area contributed by atoms with Crippen LogP contribution in [0, 0.1) is 24.4 Å². The lowest BCUT2D eigenvalue weighted by Gasteiger charge is -2.12. The van der Waals surface area contributed by atoms with Crippen LogP contribution in [0.3, 0.4) is 0 Å². The molecule has 0 aliphatic heterocycles. The summed E-state index contributed by atoms with van der Waals surface area (Å²) >= 11 is 5.60. The van der Waals surface area contributed by atoms with Gasteiger partial charge in [-0.3, -0.25) is 15.0 Å². The number of nitrogens with zero attached hydrogens (tertiary/aromatic N) is 9. The second-order valence-corrected chi connectivity index (χ2v) is 21.3. The van der Waals surface area contributed by atoms with Crippen LogP contribution in [0.1, 0.15) is 19.5 Å². The van der Waals surface area contributed by atoms with Crippen LogP contribution in [0.2, 0.25) is 0 Å². The third kappa shape index (κ3) is 18.7. The summed E-state index contributed by atoms with van der Waals surface area (Å²) in [7, 11) is 0. The summed E-state index contributed by atoms with van der Waals surface area (Å²) in [5.74, 6) is 1.69. The van der Waals surface area contributed by atoms with Crippen molar-refractivity contribution in [3.05, 3.63) is 212 Å². The Morgan fingerprint density at radius 1 is 0.469 bits per heavy atom. The molecule has 8 aromatic heterocycles. The lowest BCUT2D eigenvalue weighted by atomic mass is 10.3. The number of furan rings is 1. The normalized spacial score (nSPS) is 10.5. The molecule has 10 N–H and O–H groups in total. The molecule has 0 bridgehead atoms. The monoisotopic (exact) mass is 1160 g/mol. The topological polar surface area (TPSA) is 255 Å². The van der Waals surface area contributed by atoms with E-state index in [-0.39, 0.29) is 41.3 Å². The summed E-state index contributed by atoms with van der Waals surface area (Å²) in [6.45, 7) is 5.82. The number of aromatic nitrogens is 9. The molecular weight excluding hydrogens is 1110 g/mol. The fraction of sp³-hybridized carbons (Fsp3) is 0.0702. The van der Waals surface area contributed by atoms with E-state index >= 15 is 0 Å². The highest BCUT2D eigenvalue weighted by atomic mass is 32.2. The average Bonchev–Trinajstić information content (AvgIpc) is 4.28. The predicted molar refractivity (Wildman–Crippen MR) is 319 cm³/mol. The van der Waals surface area contributed by atoms with Crippen LogP contribution in [0.15, 0.2) is 222 Å². The number of rotatable bonds is 15. The maximum atomic E-state index is 14.5. The molecule has 0 aliphatic carbocycles. The van der Waals surface area contributed by atoms with E-state index in [1.807, 2.05) is 86.8 Å². The highest BCUT2D eigenvalue weighted by Crippen LogP contribution is 2.35.